The van der Waals surface area contributed by atoms with Crippen molar-refractivity contribution in [2.45, 2.75) is 19.4 Å². The van der Waals surface area contributed by atoms with Crippen LogP contribution in [-0.2, 0) is 13.0 Å². The van der Waals surface area contributed by atoms with E-state index >= 15 is 0 Å². The minimum Gasteiger partial charge on any atom is -0.396 e. The van der Waals surface area contributed by atoms with Crippen molar-refractivity contribution in [3.63, 3.8) is 0 Å². The van der Waals surface area contributed by atoms with Gasteiger partial charge in [-0.05, 0) is 30.5 Å². The van der Waals surface area contributed by atoms with Gasteiger partial charge in [-0.1, -0.05) is 17.3 Å². The molecule has 6 heteroatoms. The van der Waals surface area contributed by atoms with E-state index in [0.29, 0.717) is 24.9 Å². The molecule has 100 valence electrons. The van der Waals surface area contributed by atoms with Crippen molar-refractivity contribution in [3.05, 3.63) is 47.3 Å². The van der Waals surface area contributed by atoms with E-state index in [1.807, 2.05) is 12.3 Å². The fourth-order valence-electron chi connectivity index (χ4n) is 1.80. The molecule has 0 saturated heterocycles. The number of carbonyl (C=O) groups is 1. The Morgan fingerprint density at radius 2 is 2.26 bits per heavy atom. The third-order valence-corrected chi connectivity index (χ3v) is 2.73. The Bertz CT molecular complexity index is 565. The van der Waals surface area contributed by atoms with E-state index < -0.39 is 5.91 Å². The normalized spacial score (nSPS) is 10.6. The van der Waals surface area contributed by atoms with Crippen LogP contribution in [-0.4, -0.2) is 32.6 Å². The van der Waals surface area contributed by atoms with E-state index in [-0.39, 0.29) is 6.61 Å². The molecule has 0 saturated carbocycles. The minimum absolute atomic E-state index is 0.146. The zero-order chi connectivity index (χ0) is 13.7. The van der Waals surface area contributed by atoms with Gasteiger partial charge < -0.3 is 10.8 Å². The van der Waals surface area contributed by atoms with Crippen LogP contribution in [0.5, 0.6) is 0 Å². The van der Waals surface area contributed by atoms with Gasteiger partial charge in [0.15, 0.2) is 0 Å². The number of aliphatic hydroxyl groups excluding tert-OH is 1. The summed E-state index contributed by atoms with van der Waals surface area (Å²) in [7, 11) is 0. The molecule has 0 aliphatic heterocycles. The number of aromatic nitrogens is 3. The number of aliphatic hydroxyl groups is 1. The molecule has 2 rings (SSSR count). The zero-order valence-electron chi connectivity index (χ0n) is 10.5. The topological polar surface area (TPSA) is 94.0 Å². The molecule has 0 bridgehead atoms. The predicted molar refractivity (Wildman–Crippen MR) is 69.5 cm³/mol. The molecule has 1 amide bonds. The molecule has 0 spiro atoms. The second-order valence-electron chi connectivity index (χ2n) is 4.30. The maximum atomic E-state index is 11.1. The Labute approximate surface area is 110 Å². The van der Waals surface area contributed by atoms with Crippen molar-refractivity contribution in [2.24, 2.45) is 5.73 Å². The van der Waals surface area contributed by atoms with Crippen molar-refractivity contribution >= 4 is 5.91 Å². The summed E-state index contributed by atoms with van der Waals surface area (Å²) in [6.45, 7) is 0.681. The van der Waals surface area contributed by atoms with Crippen molar-refractivity contribution in [1.82, 2.24) is 15.0 Å². The first-order chi connectivity index (χ1) is 9.19. The number of nitrogens with two attached hydrogens (primary N) is 1. The van der Waals surface area contributed by atoms with Crippen LogP contribution in [0.25, 0.3) is 0 Å². The van der Waals surface area contributed by atoms with Crippen LogP contribution in [0.15, 0.2) is 30.5 Å². The number of aryl methyl sites for hydroxylation is 1. The lowest BCUT2D eigenvalue weighted by Crippen LogP contribution is -2.11. The summed E-state index contributed by atoms with van der Waals surface area (Å²) in [6.07, 6.45) is 3.22. The Kier molecular flexibility index (Phi) is 4.25. The fraction of sp³-hybridized carbons (Fsp3) is 0.308. The maximum Gasteiger partial charge on any atom is 0.248 e. The highest BCUT2D eigenvalue weighted by molar-refractivity contribution is 5.92. The second-order valence-corrected chi connectivity index (χ2v) is 4.30. The molecule has 1 aromatic carbocycles. The molecule has 2 aromatic rings. The number of carbonyl (C=O) groups excluding carboxylic acids is 1. The molecule has 0 fully saturated rings. The lowest BCUT2D eigenvalue weighted by atomic mass is 10.1. The average molecular weight is 260 g/mol. The first-order valence-electron chi connectivity index (χ1n) is 6.07. The number of rotatable bonds is 6. The fourth-order valence-corrected chi connectivity index (χ4v) is 1.80. The Morgan fingerprint density at radius 1 is 1.42 bits per heavy atom. The van der Waals surface area contributed by atoms with E-state index in [2.05, 4.69) is 10.3 Å². The van der Waals surface area contributed by atoms with Crippen molar-refractivity contribution in [3.8, 4) is 0 Å². The molecule has 0 radical (unpaired) electrons. The Balaban J connectivity index is 2.06. The van der Waals surface area contributed by atoms with Crippen LogP contribution in [0.4, 0.5) is 0 Å². The second kappa shape index (κ2) is 6.10. The summed E-state index contributed by atoms with van der Waals surface area (Å²) >= 11 is 0. The van der Waals surface area contributed by atoms with Gasteiger partial charge in [0, 0.05) is 18.4 Å². The number of nitrogens with zero attached hydrogens (tertiary/aromatic N) is 3. The van der Waals surface area contributed by atoms with Crippen LogP contribution in [0.2, 0.25) is 0 Å². The molecular weight excluding hydrogens is 244 g/mol. The highest BCUT2D eigenvalue weighted by Crippen LogP contribution is 2.07. The monoisotopic (exact) mass is 260 g/mol. The van der Waals surface area contributed by atoms with Gasteiger partial charge in [-0.2, -0.15) is 0 Å². The smallest absolute Gasteiger partial charge is 0.248 e. The van der Waals surface area contributed by atoms with Gasteiger partial charge in [0.25, 0.3) is 0 Å². The molecule has 1 heterocycles. The quantitative estimate of drug-likeness (QED) is 0.783. The highest BCUT2D eigenvalue weighted by atomic mass is 16.2. The molecular formula is C13H16N4O2. The Hall–Kier alpha value is -2.21. The molecule has 0 atom stereocenters. The molecule has 6 nitrogen and oxygen atoms in total. The van der Waals surface area contributed by atoms with Crippen molar-refractivity contribution < 1.29 is 9.90 Å². The van der Waals surface area contributed by atoms with Gasteiger partial charge in [-0.15, -0.1) is 5.10 Å². The van der Waals surface area contributed by atoms with Gasteiger partial charge in [-0.3, -0.25) is 4.79 Å². The summed E-state index contributed by atoms with van der Waals surface area (Å²) < 4.78 is 1.70. The molecule has 0 aliphatic carbocycles. The van der Waals surface area contributed by atoms with E-state index in [4.69, 9.17) is 10.8 Å². The summed E-state index contributed by atoms with van der Waals surface area (Å²) in [5, 5.41) is 16.8. The van der Waals surface area contributed by atoms with Crippen molar-refractivity contribution in [1.29, 1.82) is 0 Å². The van der Waals surface area contributed by atoms with Crippen LogP contribution < -0.4 is 5.73 Å². The Morgan fingerprint density at radius 3 is 3.00 bits per heavy atom. The highest BCUT2D eigenvalue weighted by Gasteiger charge is 2.04. The third-order valence-electron chi connectivity index (χ3n) is 2.73. The van der Waals surface area contributed by atoms with Crippen LogP contribution >= 0.6 is 0 Å². The standard InChI is InChI=1S/C13H16N4O2/c14-13(19)11-4-1-3-10(7-11)8-17-9-12(15-16-17)5-2-6-18/h1,3-4,7,9,18H,2,5-6,8H2,(H2,14,19). The number of benzene rings is 1. The SMILES string of the molecule is NC(=O)c1cccc(Cn2cc(CCCO)nn2)c1. The molecule has 0 aliphatic rings. The minimum atomic E-state index is -0.441. The predicted octanol–water partition coefficient (Wildman–Crippen LogP) is 0.350. The van der Waals surface area contributed by atoms with Gasteiger partial charge >= 0.3 is 0 Å². The van der Waals surface area contributed by atoms with Gasteiger partial charge in [-0.25, -0.2) is 4.68 Å². The van der Waals surface area contributed by atoms with Crippen molar-refractivity contribution in [2.75, 3.05) is 6.61 Å². The maximum absolute atomic E-state index is 11.1. The summed E-state index contributed by atoms with van der Waals surface area (Å²) in [5.74, 6) is -0.441. The van der Waals surface area contributed by atoms with Gasteiger partial charge in [0.05, 0.1) is 12.2 Å². The first-order valence-corrected chi connectivity index (χ1v) is 6.07. The van der Waals surface area contributed by atoms with Crippen LogP contribution in [0.1, 0.15) is 28.0 Å². The molecule has 1 aromatic heterocycles. The average Bonchev–Trinajstić information content (AvgIpc) is 2.84. The van der Waals surface area contributed by atoms with Crippen LogP contribution in [0, 0.1) is 0 Å². The summed E-state index contributed by atoms with van der Waals surface area (Å²) in [5.41, 5.74) is 7.51. The summed E-state index contributed by atoms with van der Waals surface area (Å²) in [4.78, 5) is 11.1. The van der Waals surface area contributed by atoms with E-state index in [9.17, 15) is 4.79 Å². The number of hydrogen-bond donors (Lipinski definition) is 2. The largest absolute Gasteiger partial charge is 0.396 e. The van der Waals surface area contributed by atoms with E-state index in [1.54, 1.807) is 22.9 Å². The lowest BCUT2D eigenvalue weighted by molar-refractivity contribution is 0.1000. The molecule has 19 heavy (non-hydrogen) atoms. The van der Waals surface area contributed by atoms with Gasteiger partial charge in [0.2, 0.25) is 5.91 Å². The summed E-state index contributed by atoms with van der Waals surface area (Å²) in [6, 6.07) is 7.12. The van der Waals surface area contributed by atoms with E-state index in [1.165, 1.54) is 0 Å². The molecule has 3 N–H and O–H groups in total. The molecule has 0 unspecified atom stereocenters. The van der Waals surface area contributed by atoms with Gasteiger partial charge in [0.1, 0.15) is 0 Å². The lowest BCUT2D eigenvalue weighted by Gasteiger charge is -2.02. The third kappa shape index (κ3) is 3.62. The van der Waals surface area contributed by atoms with E-state index in [0.717, 1.165) is 11.3 Å². The zero-order valence-corrected chi connectivity index (χ0v) is 10.5. The number of hydrogen-bond acceptors (Lipinski definition) is 4. The first kappa shape index (κ1) is 13.2. The van der Waals surface area contributed by atoms with Crippen LogP contribution in [0.3, 0.4) is 0 Å². The number of amides is 1. The number of primary amides is 1.